The van der Waals surface area contributed by atoms with Crippen LogP contribution in [0, 0.1) is 6.92 Å². The van der Waals surface area contributed by atoms with E-state index in [0.29, 0.717) is 5.56 Å². The summed E-state index contributed by atoms with van der Waals surface area (Å²) in [6.45, 7) is 1.88. The molecule has 0 unspecified atom stereocenters. The number of hydrogen-bond acceptors (Lipinski definition) is 3. The lowest BCUT2D eigenvalue weighted by molar-refractivity contribution is 0.0941. The third-order valence-corrected chi connectivity index (χ3v) is 4.44. The summed E-state index contributed by atoms with van der Waals surface area (Å²) in [5.74, 6) is 1.39. The Balaban J connectivity index is 1.75. The van der Waals surface area contributed by atoms with Crippen LogP contribution in [0.2, 0.25) is 0 Å². The van der Waals surface area contributed by atoms with Crippen LogP contribution in [0.15, 0.2) is 54.7 Å². The number of aryl methyl sites for hydroxylation is 1. The maximum atomic E-state index is 12.8. The molecule has 120 valence electrons. The second-order valence-corrected chi connectivity index (χ2v) is 5.85. The van der Waals surface area contributed by atoms with E-state index >= 15 is 0 Å². The number of carbonyl (C=O) groups is 1. The van der Waals surface area contributed by atoms with Crippen LogP contribution in [0.5, 0.6) is 11.5 Å². The van der Waals surface area contributed by atoms with Crippen LogP contribution >= 0.6 is 0 Å². The highest BCUT2D eigenvalue weighted by atomic mass is 16.5. The van der Waals surface area contributed by atoms with Crippen molar-refractivity contribution in [3.05, 3.63) is 77.1 Å². The predicted molar refractivity (Wildman–Crippen MR) is 90.2 cm³/mol. The smallest absolute Gasteiger partial charge is 0.255 e. The first-order valence-corrected chi connectivity index (χ1v) is 7.80. The van der Waals surface area contributed by atoms with Crippen molar-refractivity contribution in [2.45, 2.75) is 13.0 Å². The highest BCUT2D eigenvalue weighted by Gasteiger charge is 2.29. The number of aromatic nitrogens is 2. The Morgan fingerprint density at radius 1 is 1.08 bits per heavy atom. The molecule has 0 aliphatic carbocycles. The van der Waals surface area contributed by atoms with Crippen LogP contribution in [-0.2, 0) is 7.05 Å². The molecule has 5 heteroatoms. The molecule has 1 amide bonds. The number of rotatable bonds is 2. The number of nitrogens with one attached hydrogen (secondary N) is 1. The van der Waals surface area contributed by atoms with Crippen LogP contribution in [0.25, 0.3) is 0 Å². The van der Waals surface area contributed by atoms with E-state index in [-0.39, 0.29) is 11.9 Å². The van der Waals surface area contributed by atoms with Gasteiger partial charge in [0.1, 0.15) is 11.5 Å². The van der Waals surface area contributed by atoms with Crippen molar-refractivity contribution in [2.75, 3.05) is 0 Å². The van der Waals surface area contributed by atoms with Crippen molar-refractivity contribution in [3.8, 4) is 11.5 Å². The minimum absolute atomic E-state index is 0.142. The van der Waals surface area contributed by atoms with E-state index < -0.39 is 0 Å². The Bertz CT molecular complexity index is 884. The second kappa shape index (κ2) is 5.53. The number of fused-ring (bicyclic) bond motifs is 2. The maximum Gasteiger partial charge on any atom is 0.255 e. The van der Waals surface area contributed by atoms with E-state index in [1.165, 1.54) is 0 Å². The summed E-state index contributed by atoms with van der Waals surface area (Å²) in [5.41, 5.74) is 3.32. The summed E-state index contributed by atoms with van der Waals surface area (Å²) in [5, 5.41) is 7.28. The van der Waals surface area contributed by atoms with Gasteiger partial charge in [0.2, 0.25) is 0 Å². The van der Waals surface area contributed by atoms with E-state index in [4.69, 9.17) is 4.74 Å². The van der Waals surface area contributed by atoms with E-state index in [1.807, 2.05) is 62.5 Å². The lowest BCUT2D eigenvalue weighted by Gasteiger charge is -2.28. The number of ether oxygens (including phenoxy) is 1. The van der Waals surface area contributed by atoms with Crippen LogP contribution in [0.4, 0.5) is 0 Å². The van der Waals surface area contributed by atoms with Crippen LogP contribution in [-0.4, -0.2) is 15.7 Å². The Hall–Kier alpha value is -3.08. The fourth-order valence-corrected chi connectivity index (χ4v) is 3.00. The highest BCUT2D eigenvalue weighted by molar-refractivity contribution is 5.95. The van der Waals surface area contributed by atoms with E-state index in [0.717, 1.165) is 28.3 Å². The van der Waals surface area contributed by atoms with Gasteiger partial charge in [-0.25, -0.2) is 0 Å². The van der Waals surface area contributed by atoms with Crippen LogP contribution < -0.4 is 10.1 Å². The number of nitrogens with zero attached hydrogens (tertiary/aromatic N) is 2. The van der Waals surface area contributed by atoms with Crippen LogP contribution in [0.1, 0.15) is 33.2 Å². The number of carbonyl (C=O) groups excluding carboxylic acids is 1. The molecule has 2 aromatic carbocycles. The van der Waals surface area contributed by atoms with Crippen molar-refractivity contribution in [2.24, 2.45) is 7.05 Å². The average Bonchev–Trinajstić information content (AvgIpc) is 2.94. The van der Waals surface area contributed by atoms with Crippen molar-refractivity contribution in [3.63, 3.8) is 0 Å². The van der Waals surface area contributed by atoms with Gasteiger partial charge in [0, 0.05) is 23.9 Å². The Labute approximate surface area is 139 Å². The highest BCUT2D eigenvalue weighted by Crippen LogP contribution is 2.42. The SMILES string of the molecule is Cc1c(C(=O)NC2c3ccccc3Oc3ccccc32)cnn1C. The third-order valence-electron chi connectivity index (χ3n) is 4.44. The predicted octanol–water partition coefficient (Wildman–Crippen LogP) is 3.35. The maximum absolute atomic E-state index is 12.8. The third kappa shape index (κ3) is 2.25. The molecule has 0 saturated carbocycles. The lowest BCUT2D eigenvalue weighted by Crippen LogP contribution is -2.31. The number of benzene rings is 2. The molecular formula is C19H17N3O2. The molecule has 1 aliphatic heterocycles. The van der Waals surface area contributed by atoms with Gasteiger partial charge >= 0.3 is 0 Å². The van der Waals surface area contributed by atoms with E-state index in [9.17, 15) is 4.79 Å². The molecule has 0 bridgehead atoms. The van der Waals surface area contributed by atoms with Gasteiger partial charge in [-0.1, -0.05) is 36.4 Å². The zero-order valence-electron chi connectivity index (χ0n) is 13.5. The zero-order chi connectivity index (χ0) is 16.7. The van der Waals surface area contributed by atoms with Gasteiger partial charge < -0.3 is 10.1 Å². The summed E-state index contributed by atoms with van der Waals surface area (Å²) in [7, 11) is 1.82. The van der Waals surface area contributed by atoms with E-state index in [1.54, 1.807) is 10.9 Å². The summed E-state index contributed by atoms with van der Waals surface area (Å²) >= 11 is 0. The Kier molecular flexibility index (Phi) is 3.34. The standard InChI is InChI=1S/C19H17N3O2/c1-12-15(11-20-22(12)2)19(23)21-18-13-7-3-5-9-16(13)24-17-10-6-4-8-14(17)18/h3-11,18H,1-2H3,(H,21,23). The number of amides is 1. The monoisotopic (exact) mass is 319 g/mol. The normalized spacial score (nSPS) is 12.9. The fourth-order valence-electron chi connectivity index (χ4n) is 3.00. The second-order valence-electron chi connectivity index (χ2n) is 5.85. The molecule has 4 rings (SSSR count). The summed E-state index contributed by atoms with van der Waals surface area (Å²) in [6.07, 6.45) is 1.60. The van der Waals surface area contributed by atoms with Gasteiger partial charge in [-0.2, -0.15) is 5.10 Å². The van der Waals surface area contributed by atoms with Crippen molar-refractivity contribution in [1.82, 2.24) is 15.1 Å². The minimum atomic E-state index is -0.252. The molecule has 1 N–H and O–H groups in total. The molecule has 0 fully saturated rings. The van der Waals surface area contributed by atoms with Gasteiger partial charge in [-0.05, 0) is 19.1 Å². The first-order valence-electron chi connectivity index (χ1n) is 7.80. The largest absolute Gasteiger partial charge is 0.457 e. The Morgan fingerprint density at radius 3 is 2.21 bits per heavy atom. The molecule has 24 heavy (non-hydrogen) atoms. The first-order chi connectivity index (χ1) is 11.6. The molecule has 3 aromatic rings. The molecule has 1 aliphatic rings. The summed E-state index contributed by atoms with van der Waals surface area (Å²) in [6, 6.07) is 15.3. The molecule has 0 saturated heterocycles. The molecular weight excluding hydrogens is 302 g/mol. The molecule has 0 radical (unpaired) electrons. The van der Waals surface area contributed by atoms with Gasteiger partial charge in [0.25, 0.3) is 5.91 Å². The molecule has 5 nitrogen and oxygen atoms in total. The van der Waals surface area contributed by atoms with Gasteiger partial charge in [-0.3, -0.25) is 9.48 Å². The number of hydrogen-bond donors (Lipinski definition) is 1. The molecule has 0 atom stereocenters. The topological polar surface area (TPSA) is 56.1 Å². The van der Waals surface area contributed by atoms with Gasteiger partial charge in [0.15, 0.2) is 0 Å². The Morgan fingerprint density at radius 2 is 1.67 bits per heavy atom. The van der Waals surface area contributed by atoms with Crippen molar-refractivity contribution >= 4 is 5.91 Å². The molecule has 2 heterocycles. The quantitative estimate of drug-likeness (QED) is 0.788. The van der Waals surface area contributed by atoms with Gasteiger partial charge in [-0.15, -0.1) is 0 Å². The number of para-hydroxylation sites is 2. The first kappa shape index (κ1) is 14.5. The summed E-state index contributed by atoms with van der Waals surface area (Å²) in [4.78, 5) is 12.8. The van der Waals surface area contributed by atoms with Crippen LogP contribution in [0.3, 0.4) is 0 Å². The lowest BCUT2D eigenvalue weighted by atomic mass is 9.94. The molecule has 0 spiro atoms. The van der Waals surface area contributed by atoms with Gasteiger partial charge in [0.05, 0.1) is 17.8 Å². The minimum Gasteiger partial charge on any atom is -0.457 e. The van der Waals surface area contributed by atoms with E-state index in [2.05, 4.69) is 10.4 Å². The fraction of sp³-hybridized carbons (Fsp3) is 0.158. The molecule has 1 aromatic heterocycles. The average molecular weight is 319 g/mol. The summed E-state index contributed by atoms with van der Waals surface area (Å²) < 4.78 is 7.65. The van der Waals surface area contributed by atoms with Crippen molar-refractivity contribution < 1.29 is 9.53 Å². The van der Waals surface area contributed by atoms with Crippen molar-refractivity contribution in [1.29, 1.82) is 0 Å². The zero-order valence-corrected chi connectivity index (χ0v) is 13.5.